The fourth-order valence-corrected chi connectivity index (χ4v) is 1.41. The molecule has 104 valence electrons. The second-order valence-corrected chi connectivity index (χ2v) is 4.24. The quantitative estimate of drug-likeness (QED) is 0.401. The van der Waals surface area contributed by atoms with Gasteiger partial charge in [-0.15, -0.1) is 0 Å². The molecule has 1 aromatic rings. The first-order valence-electron chi connectivity index (χ1n) is 5.79. The van der Waals surface area contributed by atoms with E-state index in [-0.39, 0.29) is 16.6 Å². The Morgan fingerprint density at radius 1 is 1.26 bits per heavy atom. The molecule has 0 saturated carbocycles. The summed E-state index contributed by atoms with van der Waals surface area (Å²) in [4.78, 5) is 23.5. The predicted octanol–water partition coefficient (Wildman–Crippen LogP) is -0.833. The van der Waals surface area contributed by atoms with Crippen LogP contribution in [-0.4, -0.2) is 56.9 Å². The third-order valence-electron chi connectivity index (χ3n) is 2.42. The van der Waals surface area contributed by atoms with E-state index in [9.17, 15) is 19.8 Å². The number of halogens is 1. The van der Waals surface area contributed by atoms with Crippen molar-refractivity contribution in [1.82, 2.24) is 0 Å². The Bertz CT molecular complexity index is 521. The fourth-order valence-electron chi connectivity index (χ4n) is 1.29. The third-order valence-corrected chi connectivity index (χ3v) is 2.65. The van der Waals surface area contributed by atoms with Crippen molar-refractivity contribution in [2.24, 2.45) is 0 Å². The Kier molecular flexibility index (Phi) is 5.00. The zero-order valence-corrected chi connectivity index (χ0v) is 10.4. The molecule has 0 aromatic heterocycles. The van der Waals surface area contributed by atoms with Gasteiger partial charge in [0.05, 0.1) is 7.98 Å². The number of hydrogen-bond acceptors (Lipinski definition) is 6. The van der Waals surface area contributed by atoms with E-state index < -0.39 is 36.5 Å². The second-order valence-electron chi connectivity index (χ2n) is 3.80. The van der Waals surface area contributed by atoms with Crippen molar-refractivity contribution in [3.8, 4) is 0 Å². The van der Waals surface area contributed by atoms with Gasteiger partial charge in [0.1, 0.15) is 18.3 Å². The van der Waals surface area contributed by atoms with Crippen molar-refractivity contribution in [2.75, 3.05) is 6.61 Å². The average Bonchev–Trinajstić information content (AvgIpc) is 2.43. The number of carbonyl (C=O) groups is 2. The van der Waals surface area contributed by atoms with Gasteiger partial charge in [-0.05, 0) is 24.2 Å². The van der Waals surface area contributed by atoms with E-state index in [1.165, 1.54) is 6.07 Å². The van der Waals surface area contributed by atoms with Gasteiger partial charge in [0.2, 0.25) is 11.6 Å². The highest BCUT2D eigenvalue weighted by Crippen LogP contribution is 2.12. The van der Waals surface area contributed by atoms with Gasteiger partial charge in [0.25, 0.3) is 0 Å². The van der Waals surface area contributed by atoms with Crippen molar-refractivity contribution in [1.29, 1.82) is 0 Å². The predicted molar refractivity (Wildman–Crippen MR) is 65.9 cm³/mol. The number of carbonyl (C=O) groups excluding carboxylic acids is 2. The van der Waals surface area contributed by atoms with Crippen molar-refractivity contribution < 1.29 is 31.4 Å². The lowest BCUT2D eigenvalue weighted by molar-refractivity contribution is -0.135. The first kappa shape index (κ1) is 14.1. The SMILES string of the molecule is [2H]c1cc(Cl)ccc1C(=O)C(=O)[C@H](O)[C@H](O)[C@H](O)CO. The maximum Gasteiger partial charge on any atom is 0.234 e. The van der Waals surface area contributed by atoms with Crippen LogP contribution in [0.3, 0.4) is 0 Å². The van der Waals surface area contributed by atoms with Gasteiger partial charge in [-0.2, -0.15) is 0 Å². The summed E-state index contributed by atoms with van der Waals surface area (Å²) in [7, 11) is 0. The molecule has 0 bridgehead atoms. The van der Waals surface area contributed by atoms with Crippen LogP contribution in [0.25, 0.3) is 0 Å². The van der Waals surface area contributed by atoms with E-state index in [0.717, 1.165) is 12.1 Å². The number of aliphatic hydroxyl groups excluding tert-OH is 4. The number of hydrogen-bond donors (Lipinski definition) is 4. The van der Waals surface area contributed by atoms with E-state index in [4.69, 9.17) is 23.2 Å². The molecule has 4 N–H and O–H groups in total. The molecule has 0 aliphatic heterocycles. The summed E-state index contributed by atoms with van der Waals surface area (Å²) in [5.74, 6) is -2.58. The molecular weight excluding hydrogens is 276 g/mol. The number of ketones is 2. The first-order valence-corrected chi connectivity index (χ1v) is 5.67. The fraction of sp³-hybridized carbons (Fsp3) is 0.333. The standard InChI is InChI=1S/C12H13ClO6/c13-7-3-1-6(2-4-7)9(16)11(18)12(19)10(17)8(15)5-14/h1-4,8,10,12,14-15,17,19H,5H2/t8-,10-,12-/m1/s1/i1D. The number of rotatable bonds is 6. The van der Waals surface area contributed by atoms with E-state index >= 15 is 0 Å². The van der Waals surface area contributed by atoms with E-state index in [2.05, 4.69) is 0 Å². The first-order chi connectivity index (χ1) is 9.29. The van der Waals surface area contributed by atoms with Crippen molar-refractivity contribution >= 4 is 23.2 Å². The van der Waals surface area contributed by atoms with Crippen molar-refractivity contribution in [3.05, 3.63) is 34.8 Å². The molecule has 19 heavy (non-hydrogen) atoms. The molecule has 0 heterocycles. The molecule has 3 atom stereocenters. The normalized spacial score (nSPS) is 16.4. The largest absolute Gasteiger partial charge is 0.394 e. The van der Waals surface area contributed by atoms with Crippen LogP contribution in [0, 0.1) is 0 Å². The smallest absolute Gasteiger partial charge is 0.234 e. The molecule has 1 rings (SSSR count). The maximum atomic E-state index is 11.8. The zero-order chi connectivity index (χ0) is 15.4. The zero-order valence-electron chi connectivity index (χ0n) is 10.7. The number of aliphatic hydroxyl groups is 4. The van der Waals surface area contributed by atoms with Crippen LogP contribution >= 0.6 is 11.6 Å². The molecule has 0 unspecified atom stereocenters. The Hall–Kier alpha value is -1.31. The lowest BCUT2D eigenvalue weighted by atomic mass is 9.98. The Morgan fingerprint density at radius 2 is 1.89 bits per heavy atom. The second kappa shape index (κ2) is 6.74. The van der Waals surface area contributed by atoms with Gasteiger partial charge in [-0.3, -0.25) is 9.59 Å². The third kappa shape index (κ3) is 3.82. The molecule has 0 radical (unpaired) electrons. The van der Waals surface area contributed by atoms with Crippen LogP contribution in [0.15, 0.2) is 24.2 Å². The minimum atomic E-state index is -2.19. The summed E-state index contributed by atoms with van der Waals surface area (Å²) < 4.78 is 7.51. The highest BCUT2D eigenvalue weighted by Gasteiger charge is 2.34. The molecule has 6 nitrogen and oxygen atoms in total. The van der Waals surface area contributed by atoms with Gasteiger partial charge in [0, 0.05) is 10.6 Å². The van der Waals surface area contributed by atoms with Crippen LogP contribution in [0.4, 0.5) is 0 Å². The minimum Gasteiger partial charge on any atom is -0.394 e. The lowest BCUT2D eigenvalue weighted by Crippen LogP contribution is -2.46. The Balaban J connectivity index is 2.94. The monoisotopic (exact) mass is 289 g/mol. The number of Topliss-reactive ketones (excluding diaryl/α,β-unsaturated/α-hetero) is 2. The van der Waals surface area contributed by atoms with Crippen molar-refractivity contribution in [3.63, 3.8) is 0 Å². The lowest BCUT2D eigenvalue weighted by Gasteiger charge is -2.19. The minimum absolute atomic E-state index is 0.204. The highest BCUT2D eigenvalue weighted by molar-refractivity contribution is 6.45. The van der Waals surface area contributed by atoms with Gasteiger partial charge >= 0.3 is 0 Å². The topological polar surface area (TPSA) is 115 Å². The van der Waals surface area contributed by atoms with Gasteiger partial charge < -0.3 is 20.4 Å². The van der Waals surface area contributed by atoms with Gasteiger partial charge in [0.15, 0.2) is 0 Å². The van der Waals surface area contributed by atoms with Gasteiger partial charge in [-0.25, -0.2) is 0 Å². The molecule has 0 amide bonds. The molecule has 0 saturated heterocycles. The summed E-state index contributed by atoms with van der Waals surface area (Å²) in [6.07, 6.45) is -5.96. The highest BCUT2D eigenvalue weighted by atomic mass is 35.5. The molecule has 0 aliphatic carbocycles. The van der Waals surface area contributed by atoms with Crippen LogP contribution in [0.5, 0.6) is 0 Å². The van der Waals surface area contributed by atoms with Crippen LogP contribution in [-0.2, 0) is 4.79 Å². The summed E-state index contributed by atoms with van der Waals surface area (Å²) in [5.41, 5.74) is -0.288. The molecule has 7 heteroatoms. The molecule has 0 fully saturated rings. The summed E-state index contributed by atoms with van der Waals surface area (Å²) in [5, 5.41) is 36.8. The Morgan fingerprint density at radius 3 is 2.42 bits per heavy atom. The van der Waals surface area contributed by atoms with E-state index in [1.54, 1.807) is 0 Å². The van der Waals surface area contributed by atoms with Crippen LogP contribution in [0.1, 0.15) is 11.7 Å². The summed E-state index contributed by atoms with van der Waals surface area (Å²) in [6.45, 7) is -0.885. The van der Waals surface area contributed by atoms with Crippen LogP contribution in [0.2, 0.25) is 5.02 Å². The molecular formula is C12H13ClO6. The van der Waals surface area contributed by atoms with Crippen molar-refractivity contribution in [2.45, 2.75) is 18.3 Å². The molecule has 0 spiro atoms. The van der Waals surface area contributed by atoms with Gasteiger partial charge in [-0.1, -0.05) is 11.6 Å². The Labute approximate surface area is 115 Å². The number of benzene rings is 1. The van der Waals surface area contributed by atoms with Crippen LogP contribution < -0.4 is 0 Å². The molecule has 0 aliphatic rings. The van der Waals surface area contributed by atoms with E-state index in [1.807, 2.05) is 0 Å². The average molecular weight is 290 g/mol. The summed E-state index contributed by atoms with van der Waals surface area (Å²) in [6, 6.07) is 3.28. The van der Waals surface area contributed by atoms with E-state index in [0.29, 0.717) is 0 Å². The summed E-state index contributed by atoms with van der Waals surface area (Å²) >= 11 is 5.61. The maximum absolute atomic E-state index is 11.8. The molecule has 1 aromatic carbocycles.